The number of carbonyl (C=O) groups is 2. The summed E-state index contributed by atoms with van der Waals surface area (Å²) >= 11 is 0. The zero-order chi connectivity index (χ0) is 15.5. The molecule has 0 aliphatic carbocycles. The lowest BCUT2D eigenvalue weighted by molar-refractivity contribution is -0.118. The summed E-state index contributed by atoms with van der Waals surface area (Å²) in [5, 5.41) is 3.89. The van der Waals surface area contributed by atoms with Crippen LogP contribution in [0.2, 0.25) is 0 Å². The Bertz CT molecular complexity index is 788. The first kappa shape index (κ1) is 13.9. The van der Waals surface area contributed by atoms with E-state index in [0.29, 0.717) is 17.9 Å². The molecule has 0 saturated heterocycles. The minimum absolute atomic E-state index is 0.210. The van der Waals surface area contributed by atoms with Gasteiger partial charge in [0, 0.05) is 24.1 Å². The molecule has 3 rings (SSSR count). The molecule has 0 spiro atoms. The number of anilines is 1. The molecule has 7 nitrogen and oxygen atoms in total. The molecule has 2 heterocycles. The Balaban J connectivity index is 1.78. The second-order valence-electron chi connectivity index (χ2n) is 4.85. The van der Waals surface area contributed by atoms with Crippen molar-refractivity contribution in [2.75, 3.05) is 5.32 Å². The molecular weight excluding hydrogens is 284 g/mol. The highest BCUT2D eigenvalue weighted by atomic mass is 16.3. The fourth-order valence-corrected chi connectivity index (χ4v) is 2.20. The Labute approximate surface area is 125 Å². The topological polar surface area (TPSA) is 114 Å². The van der Waals surface area contributed by atoms with Crippen molar-refractivity contribution in [1.29, 1.82) is 0 Å². The number of hydrogen-bond donors (Lipinski definition) is 3. The third-order valence-corrected chi connectivity index (χ3v) is 3.26. The highest BCUT2D eigenvalue weighted by Crippen LogP contribution is 2.23. The third-order valence-electron chi connectivity index (χ3n) is 3.26. The minimum Gasteiger partial charge on any atom is -0.441 e. The van der Waals surface area contributed by atoms with Crippen LogP contribution in [0.3, 0.4) is 0 Å². The van der Waals surface area contributed by atoms with Crippen molar-refractivity contribution in [2.45, 2.75) is 12.5 Å². The quantitative estimate of drug-likeness (QED) is 0.596. The zero-order valence-electron chi connectivity index (χ0n) is 11.6. The van der Waals surface area contributed by atoms with Crippen LogP contribution in [0.1, 0.15) is 16.3 Å². The van der Waals surface area contributed by atoms with E-state index >= 15 is 0 Å². The van der Waals surface area contributed by atoms with E-state index in [1.54, 1.807) is 12.3 Å². The molecule has 3 aromatic rings. The number of rotatable bonds is 6. The summed E-state index contributed by atoms with van der Waals surface area (Å²) in [5.74, 6) is 0.134. The number of aromatic nitrogens is 2. The van der Waals surface area contributed by atoms with Crippen molar-refractivity contribution in [3.8, 4) is 0 Å². The van der Waals surface area contributed by atoms with Gasteiger partial charge in [-0.1, -0.05) is 18.2 Å². The predicted molar refractivity (Wildman–Crippen MR) is 80.5 cm³/mol. The van der Waals surface area contributed by atoms with Crippen molar-refractivity contribution in [1.82, 2.24) is 9.97 Å². The van der Waals surface area contributed by atoms with Crippen molar-refractivity contribution in [3.63, 3.8) is 0 Å². The number of imidazole rings is 1. The van der Waals surface area contributed by atoms with Gasteiger partial charge >= 0.3 is 0 Å². The molecule has 1 amide bonds. The first-order valence-electron chi connectivity index (χ1n) is 6.69. The van der Waals surface area contributed by atoms with Gasteiger partial charge in [0.2, 0.25) is 5.91 Å². The summed E-state index contributed by atoms with van der Waals surface area (Å²) in [6.45, 7) is 0. The fourth-order valence-electron chi connectivity index (χ4n) is 2.20. The summed E-state index contributed by atoms with van der Waals surface area (Å²) in [4.78, 5) is 29.0. The average Bonchev–Trinajstić information content (AvgIpc) is 3.12. The number of H-pyrrole nitrogens is 1. The number of nitrogens with one attached hydrogen (secondary N) is 2. The first-order valence-corrected chi connectivity index (χ1v) is 6.69. The number of furan rings is 1. The van der Waals surface area contributed by atoms with Gasteiger partial charge in [-0.25, -0.2) is 4.98 Å². The highest BCUT2D eigenvalue weighted by molar-refractivity contribution is 5.85. The van der Waals surface area contributed by atoms with Crippen LogP contribution in [-0.4, -0.2) is 28.2 Å². The molecule has 0 fully saturated rings. The predicted octanol–water partition coefficient (Wildman–Crippen LogP) is 1.48. The maximum Gasteiger partial charge on any atom is 0.240 e. The van der Waals surface area contributed by atoms with Gasteiger partial charge in [-0.3, -0.25) is 9.59 Å². The summed E-state index contributed by atoms with van der Waals surface area (Å²) < 4.78 is 5.61. The number of aldehydes is 1. The molecule has 7 heteroatoms. The van der Waals surface area contributed by atoms with E-state index in [0.717, 1.165) is 11.0 Å². The van der Waals surface area contributed by atoms with E-state index in [9.17, 15) is 9.59 Å². The van der Waals surface area contributed by atoms with Crippen LogP contribution in [0.5, 0.6) is 0 Å². The average molecular weight is 298 g/mol. The van der Waals surface area contributed by atoms with E-state index in [4.69, 9.17) is 10.2 Å². The van der Waals surface area contributed by atoms with Gasteiger partial charge in [-0.05, 0) is 6.07 Å². The fraction of sp³-hybridized carbons (Fsp3) is 0.133. The van der Waals surface area contributed by atoms with E-state index in [1.807, 2.05) is 24.3 Å². The van der Waals surface area contributed by atoms with E-state index in [-0.39, 0.29) is 12.2 Å². The van der Waals surface area contributed by atoms with Gasteiger partial charge in [-0.15, -0.1) is 0 Å². The van der Waals surface area contributed by atoms with Crippen molar-refractivity contribution in [2.24, 2.45) is 5.73 Å². The molecule has 0 aliphatic rings. The maximum atomic E-state index is 11.6. The van der Waals surface area contributed by atoms with Gasteiger partial charge in [0.05, 0.1) is 5.69 Å². The number of hydrogen-bond acceptors (Lipinski definition) is 5. The summed E-state index contributed by atoms with van der Waals surface area (Å²) in [6.07, 6.45) is 2.42. The van der Waals surface area contributed by atoms with Crippen molar-refractivity contribution < 1.29 is 14.0 Å². The van der Waals surface area contributed by atoms with Crippen LogP contribution in [0.25, 0.3) is 11.0 Å². The second-order valence-corrected chi connectivity index (χ2v) is 4.85. The Hall–Kier alpha value is -3.09. The lowest BCUT2D eigenvalue weighted by Gasteiger charge is -2.13. The van der Waals surface area contributed by atoms with Crippen molar-refractivity contribution in [3.05, 3.63) is 48.0 Å². The number of nitrogens with two attached hydrogens (primary N) is 1. The number of aromatic amines is 1. The largest absolute Gasteiger partial charge is 0.441 e. The first-order chi connectivity index (χ1) is 10.7. The number of para-hydroxylation sites is 1. The summed E-state index contributed by atoms with van der Waals surface area (Å²) in [5.41, 5.74) is 6.70. The summed E-state index contributed by atoms with van der Waals surface area (Å²) in [7, 11) is 0. The molecule has 0 unspecified atom stereocenters. The molecule has 0 aliphatic heterocycles. The van der Waals surface area contributed by atoms with E-state index in [2.05, 4.69) is 15.3 Å². The number of carbonyl (C=O) groups excluding carboxylic acids is 2. The SMILES string of the molecule is NC(=O)[C@H](Cc1c[nH]c(C=O)n1)Nc1cc2ccccc2o1. The minimum atomic E-state index is -0.691. The zero-order valence-corrected chi connectivity index (χ0v) is 11.6. The number of amides is 1. The molecule has 4 N–H and O–H groups in total. The number of primary amides is 1. The lowest BCUT2D eigenvalue weighted by atomic mass is 10.1. The molecule has 2 aromatic heterocycles. The Kier molecular flexibility index (Phi) is 3.61. The number of benzene rings is 1. The second kappa shape index (κ2) is 5.72. The third kappa shape index (κ3) is 2.83. The van der Waals surface area contributed by atoms with E-state index < -0.39 is 11.9 Å². The van der Waals surface area contributed by atoms with E-state index in [1.165, 1.54) is 0 Å². The smallest absolute Gasteiger partial charge is 0.240 e. The Morgan fingerprint density at radius 2 is 2.27 bits per heavy atom. The van der Waals surface area contributed by atoms with Crippen molar-refractivity contribution >= 4 is 29.0 Å². The maximum absolute atomic E-state index is 11.6. The Morgan fingerprint density at radius 1 is 1.45 bits per heavy atom. The molecule has 0 bridgehead atoms. The number of fused-ring (bicyclic) bond motifs is 1. The number of nitrogens with zero attached hydrogens (tertiary/aromatic N) is 1. The molecule has 1 atom stereocenters. The van der Waals surface area contributed by atoms with Crippen LogP contribution in [0, 0.1) is 0 Å². The van der Waals surface area contributed by atoms with Crippen LogP contribution in [0.4, 0.5) is 5.88 Å². The van der Waals surface area contributed by atoms with Crippen LogP contribution >= 0.6 is 0 Å². The van der Waals surface area contributed by atoms with Crippen LogP contribution in [0.15, 0.2) is 40.9 Å². The standard InChI is InChI=1S/C15H14N4O3/c16-15(21)11(6-10-7-17-13(8-20)18-10)19-14-5-9-3-1-2-4-12(9)22-14/h1-5,7-8,11,19H,6H2,(H2,16,21)(H,17,18)/t11-/m0/s1. The van der Waals surface area contributed by atoms with Gasteiger partial charge in [-0.2, -0.15) is 0 Å². The Morgan fingerprint density at radius 3 is 2.95 bits per heavy atom. The van der Waals surface area contributed by atoms with Crippen LogP contribution < -0.4 is 11.1 Å². The molecular formula is C15H14N4O3. The van der Waals surface area contributed by atoms with Gasteiger partial charge < -0.3 is 20.5 Å². The van der Waals surface area contributed by atoms with Gasteiger partial charge in [0.15, 0.2) is 18.0 Å². The molecule has 1 aromatic carbocycles. The van der Waals surface area contributed by atoms with Crippen LogP contribution in [-0.2, 0) is 11.2 Å². The molecule has 0 radical (unpaired) electrons. The normalized spacial score (nSPS) is 12.2. The highest BCUT2D eigenvalue weighted by Gasteiger charge is 2.19. The van der Waals surface area contributed by atoms with Gasteiger partial charge in [0.1, 0.15) is 11.6 Å². The molecule has 112 valence electrons. The van der Waals surface area contributed by atoms with Gasteiger partial charge in [0.25, 0.3) is 0 Å². The molecule has 22 heavy (non-hydrogen) atoms. The monoisotopic (exact) mass is 298 g/mol. The summed E-state index contributed by atoms with van der Waals surface area (Å²) in [6, 6.07) is 8.62. The lowest BCUT2D eigenvalue weighted by Crippen LogP contribution is -2.37. The molecule has 0 saturated carbocycles.